The van der Waals surface area contributed by atoms with E-state index in [1.54, 1.807) is 6.20 Å². The highest BCUT2D eigenvalue weighted by molar-refractivity contribution is 5.83. The summed E-state index contributed by atoms with van der Waals surface area (Å²) in [4.78, 5) is 9.05. The Kier molecular flexibility index (Phi) is 5.54. The van der Waals surface area contributed by atoms with Crippen LogP contribution in [0.4, 0.5) is 5.82 Å². The van der Waals surface area contributed by atoms with Gasteiger partial charge in [0.2, 0.25) is 0 Å². The number of nitrogens with zero attached hydrogens (tertiary/aromatic N) is 5. The molecule has 4 rings (SSSR count). The van der Waals surface area contributed by atoms with Crippen LogP contribution in [0.1, 0.15) is 38.2 Å². The number of aryl methyl sites for hydroxylation is 1. The summed E-state index contributed by atoms with van der Waals surface area (Å²) in [6, 6.07) is 0. The molecule has 0 amide bonds. The number of hydrogen-bond acceptors (Lipinski definition) is 8. The molecule has 0 unspecified atom stereocenters. The maximum atomic E-state index is 5.88. The van der Waals surface area contributed by atoms with E-state index in [4.69, 9.17) is 16.1 Å². The van der Waals surface area contributed by atoms with Gasteiger partial charge in [-0.2, -0.15) is 0 Å². The molecule has 150 valence electrons. The smallest absolute Gasteiger partial charge is 0.199 e. The van der Waals surface area contributed by atoms with E-state index < -0.39 is 0 Å². The van der Waals surface area contributed by atoms with Crippen molar-refractivity contribution in [2.24, 2.45) is 17.6 Å². The minimum absolute atomic E-state index is 0.241. The number of anilines is 1. The topological polar surface area (TPSA) is 134 Å². The molecular formula is C19H28N8O. The Morgan fingerprint density at radius 2 is 1.96 bits per heavy atom. The van der Waals surface area contributed by atoms with Crippen molar-refractivity contribution >= 4 is 16.9 Å². The molecule has 1 aliphatic rings. The number of aromatic nitrogens is 5. The van der Waals surface area contributed by atoms with Crippen LogP contribution in [0.3, 0.4) is 0 Å². The van der Waals surface area contributed by atoms with Crippen LogP contribution in [0.25, 0.3) is 22.6 Å². The summed E-state index contributed by atoms with van der Waals surface area (Å²) in [7, 11) is 0. The number of imidazole rings is 1. The first-order chi connectivity index (χ1) is 13.7. The molecule has 0 spiro atoms. The standard InChI is InChI=1S/C19H28N8O/c1-2-27-17-14(9-22-8-13-5-3-12(7-20)4-6-13)10-23-11-15(17)24-19(27)16-18(21)26-28-25-16/h10-13,22H,2-9,20H2,1H3,(H2,21,26). The van der Waals surface area contributed by atoms with E-state index in [9.17, 15) is 0 Å². The van der Waals surface area contributed by atoms with Gasteiger partial charge in [-0.05, 0) is 67.8 Å². The second-order valence-electron chi connectivity index (χ2n) is 7.60. The lowest BCUT2D eigenvalue weighted by molar-refractivity contribution is 0.272. The molecule has 0 aliphatic heterocycles. The highest BCUT2D eigenvalue weighted by Gasteiger charge is 2.22. The van der Waals surface area contributed by atoms with Gasteiger partial charge in [0.1, 0.15) is 5.52 Å². The lowest BCUT2D eigenvalue weighted by Crippen LogP contribution is -2.28. The first kappa shape index (κ1) is 18.8. The predicted octanol–water partition coefficient (Wildman–Crippen LogP) is 1.94. The molecule has 28 heavy (non-hydrogen) atoms. The predicted molar refractivity (Wildman–Crippen MR) is 107 cm³/mol. The van der Waals surface area contributed by atoms with Gasteiger partial charge in [-0.1, -0.05) is 0 Å². The lowest BCUT2D eigenvalue weighted by atomic mass is 9.82. The fourth-order valence-corrected chi connectivity index (χ4v) is 4.21. The summed E-state index contributed by atoms with van der Waals surface area (Å²) in [5.74, 6) is 2.34. The van der Waals surface area contributed by atoms with Crippen molar-refractivity contribution in [3.8, 4) is 11.5 Å². The molecule has 9 heteroatoms. The van der Waals surface area contributed by atoms with Crippen LogP contribution < -0.4 is 16.8 Å². The normalized spacial score (nSPS) is 20.1. The monoisotopic (exact) mass is 384 g/mol. The summed E-state index contributed by atoms with van der Waals surface area (Å²) in [6.45, 7) is 5.39. The van der Waals surface area contributed by atoms with Crippen LogP contribution in [0.2, 0.25) is 0 Å². The van der Waals surface area contributed by atoms with Gasteiger partial charge in [-0.3, -0.25) is 4.98 Å². The highest BCUT2D eigenvalue weighted by atomic mass is 16.6. The minimum Gasteiger partial charge on any atom is -0.379 e. The zero-order valence-electron chi connectivity index (χ0n) is 16.3. The van der Waals surface area contributed by atoms with E-state index in [1.807, 2.05) is 6.20 Å². The molecule has 3 aromatic rings. The van der Waals surface area contributed by atoms with E-state index in [0.29, 0.717) is 17.4 Å². The molecule has 9 nitrogen and oxygen atoms in total. The van der Waals surface area contributed by atoms with Crippen molar-refractivity contribution in [1.82, 2.24) is 30.2 Å². The Bertz CT molecular complexity index is 925. The molecule has 0 aromatic carbocycles. The molecule has 0 saturated heterocycles. The third-order valence-corrected chi connectivity index (χ3v) is 5.82. The van der Waals surface area contributed by atoms with E-state index >= 15 is 0 Å². The van der Waals surface area contributed by atoms with Crippen LogP contribution in [0, 0.1) is 11.8 Å². The van der Waals surface area contributed by atoms with Gasteiger partial charge in [-0.25, -0.2) is 9.61 Å². The number of hydrogen-bond donors (Lipinski definition) is 3. The van der Waals surface area contributed by atoms with Gasteiger partial charge in [0.05, 0.1) is 11.7 Å². The molecule has 0 radical (unpaired) electrons. The maximum Gasteiger partial charge on any atom is 0.199 e. The largest absolute Gasteiger partial charge is 0.379 e. The van der Waals surface area contributed by atoms with E-state index in [0.717, 1.165) is 48.7 Å². The van der Waals surface area contributed by atoms with Gasteiger partial charge in [0.25, 0.3) is 0 Å². The summed E-state index contributed by atoms with van der Waals surface area (Å²) in [5, 5.41) is 11.2. The summed E-state index contributed by atoms with van der Waals surface area (Å²) in [5.41, 5.74) is 15.1. The van der Waals surface area contributed by atoms with Crippen molar-refractivity contribution in [3.05, 3.63) is 18.0 Å². The number of pyridine rings is 1. The van der Waals surface area contributed by atoms with E-state index in [1.165, 1.54) is 25.7 Å². The van der Waals surface area contributed by atoms with Crippen LogP contribution in [-0.4, -0.2) is 37.9 Å². The number of nitrogen functional groups attached to an aromatic ring is 1. The molecule has 1 saturated carbocycles. The molecular weight excluding hydrogens is 356 g/mol. The molecule has 3 heterocycles. The summed E-state index contributed by atoms with van der Waals surface area (Å²) < 4.78 is 6.85. The average molecular weight is 384 g/mol. The second-order valence-corrected chi connectivity index (χ2v) is 7.60. The molecule has 1 aliphatic carbocycles. The van der Waals surface area contributed by atoms with Crippen molar-refractivity contribution in [2.75, 3.05) is 18.8 Å². The number of rotatable bonds is 7. The van der Waals surface area contributed by atoms with Crippen molar-refractivity contribution in [1.29, 1.82) is 0 Å². The second kappa shape index (κ2) is 8.24. The van der Waals surface area contributed by atoms with Crippen LogP contribution in [0.15, 0.2) is 17.0 Å². The number of fused-ring (bicyclic) bond motifs is 1. The average Bonchev–Trinajstić information content (AvgIpc) is 3.31. The summed E-state index contributed by atoms with van der Waals surface area (Å²) >= 11 is 0. The number of nitrogens with one attached hydrogen (secondary N) is 1. The fraction of sp³-hybridized carbons (Fsp3) is 0.579. The highest BCUT2D eigenvalue weighted by Crippen LogP contribution is 2.29. The number of nitrogens with two attached hydrogens (primary N) is 2. The Balaban J connectivity index is 1.52. The molecule has 5 N–H and O–H groups in total. The van der Waals surface area contributed by atoms with Crippen LogP contribution >= 0.6 is 0 Å². The van der Waals surface area contributed by atoms with Crippen molar-refractivity contribution < 1.29 is 4.63 Å². The van der Waals surface area contributed by atoms with Crippen LogP contribution in [-0.2, 0) is 13.1 Å². The Hall–Kier alpha value is -2.52. The Labute approximate surface area is 163 Å². The van der Waals surface area contributed by atoms with Crippen LogP contribution in [0.5, 0.6) is 0 Å². The van der Waals surface area contributed by atoms with Gasteiger partial charge in [0.15, 0.2) is 17.3 Å². The van der Waals surface area contributed by atoms with Crippen molar-refractivity contribution in [3.63, 3.8) is 0 Å². The molecule has 3 aromatic heterocycles. The zero-order valence-corrected chi connectivity index (χ0v) is 16.3. The van der Waals surface area contributed by atoms with Crippen molar-refractivity contribution in [2.45, 2.75) is 45.7 Å². The third-order valence-electron chi connectivity index (χ3n) is 5.82. The van der Waals surface area contributed by atoms with Gasteiger partial charge in [0, 0.05) is 24.8 Å². The first-order valence-corrected chi connectivity index (χ1v) is 10.0. The molecule has 0 atom stereocenters. The van der Waals surface area contributed by atoms with Gasteiger partial charge >= 0.3 is 0 Å². The SMILES string of the molecule is CCn1c(-c2nonc2N)nc2cncc(CNCC3CCC(CN)CC3)c21. The summed E-state index contributed by atoms with van der Waals surface area (Å²) in [6.07, 6.45) is 8.69. The Morgan fingerprint density at radius 1 is 1.18 bits per heavy atom. The third kappa shape index (κ3) is 3.59. The zero-order chi connectivity index (χ0) is 19.5. The van der Waals surface area contributed by atoms with E-state index in [2.05, 4.69) is 37.1 Å². The fourth-order valence-electron chi connectivity index (χ4n) is 4.21. The first-order valence-electron chi connectivity index (χ1n) is 10.0. The van der Waals surface area contributed by atoms with Gasteiger partial charge in [-0.15, -0.1) is 0 Å². The maximum absolute atomic E-state index is 5.88. The lowest BCUT2D eigenvalue weighted by Gasteiger charge is -2.27. The molecule has 1 fully saturated rings. The van der Waals surface area contributed by atoms with Gasteiger partial charge < -0.3 is 21.4 Å². The quantitative estimate of drug-likeness (QED) is 0.563. The Morgan fingerprint density at radius 3 is 2.64 bits per heavy atom. The molecule has 0 bridgehead atoms. The minimum atomic E-state index is 0.241. The van der Waals surface area contributed by atoms with E-state index in [-0.39, 0.29) is 5.82 Å².